The molecule has 0 spiro atoms. The fourth-order valence-corrected chi connectivity index (χ4v) is 4.97. The molecule has 1 saturated carbocycles. The molecule has 13 heavy (non-hydrogen) atoms. The van der Waals surface area contributed by atoms with Crippen molar-refractivity contribution in [3.8, 4) is 0 Å². The largest absolute Gasteiger partial charge is 0.143 e. The molecule has 0 aromatic carbocycles. The van der Waals surface area contributed by atoms with Crippen LogP contribution in [-0.2, 0) is 0 Å². The molecular weight excluding hydrogens is 312 g/mol. The van der Waals surface area contributed by atoms with Crippen molar-refractivity contribution in [1.82, 2.24) is 0 Å². The van der Waals surface area contributed by atoms with Crippen molar-refractivity contribution in [2.75, 3.05) is 0 Å². The van der Waals surface area contributed by atoms with Gasteiger partial charge in [-0.25, -0.2) is 0 Å². The molecule has 1 fully saturated rings. The molecule has 2 rings (SSSR count). The maximum absolute atomic E-state index is 3.81. The lowest BCUT2D eigenvalue weighted by atomic mass is 9.82. The molecule has 1 aromatic heterocycles. The molecule has 0 amide bonds. The van der Waals surface area contributed by atoms with Gasteiger partial charge >= 0.3 is 0 Å². The van der Waals surface area contributed by atoms with Gasteiger partial charge in [0.15, 0.2) is 0 Å². The smallest absolute Gasteiger partial charge is 0.0528 e. The van der Waals surface area contributed by atoms with Crippen LogP contribution in [0.15, 0.2) is 10.5 Å². The van der Waals surface area contributed by atoms with Gasteiger partial charge in [0.05, 0.1) is 4.83 Å². The predicted molar refractivity (Wildman–Crippen MR) is 65.8 cm³/mol. The van der Waals surface area contributed by atoms with Crippen LogP contribution in [0.3, 0.4) is 0 Å². The molecule has 1 aliphatic carbocycles. The summed E-state index contributed by atoms with van der Waals surface area (Å²) in [6, 6.07) is 2.22. The lowest BCUT2D eigenvalue weighted by Gasteiger charge is -2.29. The van der Waals surface area contributed by atoms with Crippen LogP contribution >= 0.6 is 43.2 Å². The molecule has 1 unspecified atom stereocenters. The minimum Gasteiger partial charge on any atom is -0.143 e. The van der Waals surface area contributed by atoms with Crippen LogP contribution < -0.4 is 0 Å². The van der Waals surface area contributed by atoms with E-state index in [1.807, 2.05) is 11.3 Å². The number of alkyl halides is 1. The van der Waals surface area contributed by atoms with Gasteiger partial charge in [-0.05, 0) is 47.7 Å². The number of aryl methyl sites for hydroxylation is 1. The van der Waals surface area contributed by atoms with Crippen molar-refractivity contribution in [2.24, 2.45) is 5.92 Å². The minimum atomic E-state index is 0.578. The summed E-state index contributed by atoms with van der Waals surface area (Å²) in [6.07, 6.45) is 4.19. The molecule has 0 N–H and O–H groups in total. The highest BCUT2D eigenvalue weighted by Gasteiger charge is 2.28. The average Bonchev–Trinajstić information content (AvgIpc) is 2.26. The van der Waals surface area contributed by atoms with Gasteiger partial charge < -0.3 is 0 Å². The Kier molecular flexibility index (Phi) is 3.16. The highest BCUT2D eigenvalue weighted by molar-refractivity contribution is 9.11. The first-order valence-corrected chi connectivity index (χ1v) is 7.11. The van der Waals surface area contributed by atoms with E-state index in [1.165, 1.54) is 33.5 Å². The lowest BCUT2D eigenvalue weighted by Crippen LogP contribution is -2.15. The van der Waals surface area contributed by atoms with Gasteiger partial charge in [0, 0.05) is 14.2 Å². The van der Waals surface area contributed by atoms with Crippen molar-refractivity contribution >= 4 is 43.2 Å². The van der Waals surface area contributed by atoms with Gasteiger partial charge in [-0.1, -0.05) is 22.4 Å². The van der Waals surface area contributed by atoms with Crippen molar-refractivity contribution in [1.29, 1.82) is 0 Å². The van der Waals surface area contributed by atoms with Crippen LogP contribution in [0.2, 0.25) is 0 Å². The third-order valence-corrected chi connectivity index (χ3v) is 6.21. The van der Waals surface area contributed by atoms with Crippen molar-refractivity contribution in [3.63, 3.8) is 0 Å². The lowest BCUT2D eigenvalue weighted by molar-refractivity contribution is 0.313. The molecule has 1 atom stereocenters. The summed E-state index contributed by atoms with van der Waals surface area (Å²) < 4.78 is 1.28. The van der Waals surface area contributed by atoms with Gasteiger partial charge in [-0.2, -0.15) is 0 Å². The molecule has 0 aliphatic heterocycles. The van der Waals surface area contributed by atoms with E-state index in [2.05, 4.69) is 44.8 Å². The van der Waals surface area contributed by atoms with Crippen LogP contribution in [0.1, 0.15) is 33.8 Å². The van der Waals surface area contributed by atoms with Gasteiger partial charge in [0.2, 0.25) is 0 Å². The predicted octanol–water partition coefficient (Wildman–Crippen LogP) is 5.06. The summed E-state index contributed by atoms with van der Waals surface area (Å²) in [6.45, 7) is 2.17. The van der Waals surface area contributed by atoms with E-state index < -0.39 is 0 Å². The Balaban J connectivity index is 2.18. The van der Waals surface area contributed by atoms with Crippen LogP contribution in [0.4, 0.5) is 0 Å². The van der Waals surface area contributed by atoms with Crippen molar-refractivity contribution in [2.45, 2.75) is 31.0 Å². The Bertz CT molecular complexity index is 302. The topological polar surface area (TPSA) is 0 Å². The maximum atomic E-state index is 3.81. The molecular formula is C10H12Br2S. The number of rotatable bonds is 2. The highest BCUT2D eigenvalue weighted by atomic mass is 79.9. The standard InChI is InChI=1S/C10H12Br2S/c1-6-5-8(11)10(13-6)9(12)7-3-2-4-7/h5,7,9H,2-4H2,1H3. The quantitative estimate of drug-likeness (QED) is 0.668. The van der Waals surface area contributed by atoms with E-state index in [1.54, 1.807) is 0 Å². The second-order valence-corrected chi connectivity index (χ2v) is 6.79. The zero-order valence-corrected chi connectivity index (χ0v) is 11.5. The van der Waals surface area contributed by atoms with E-state index in [0.717, 1.165) is 5.92 Å². The number of hydrogen-bond acceptors (Lipinski definition) is 1. The molecule has 0 radical (unpaired) electrons. The van der Waals surface area contributed by atoms with E-state index in [4.69, 9.17) is 0 Å². The average molecular weight is 324 g/mol. The first kappa shape index (κ1) is 10.2. The first-order chi connectivity index (χ1) is 6.18. The van der Waals surface area contributed by atoms with Crippen LogP contribution in [0.25, 0.3) is 0 Å². The Hall–Kier alpha value is 0.660. The van der Waals surface area contributed by atoms with Crippen molar-refractivity contribution in [3.05, 3.63) is 20.3 Å². The van der Waals surface area contributed by atoms with E-state index in [0.29, 0.717) is 4.83 Å². The summed E-state index contributed by atoms with van der Waals surface area (Å²) in [5.74, 6) is 0.870. The molecule has 0 bridgehead atoms. The minimum absolute atomic E-state index is 0.578. The summed E-state index contributed by atoms with van der Waals surface area (Å²) >= 11 is 9.33. The fourth-order valence-electron chi connectivity index (χ4n) is 1.64. The Morgan fingerprint density at radius 1 is 1.54 bits per heavy atom. The van der Waals surface area contributed by atoms with Gasteiger partial charge in [-0.15, -0.1) is 11.3 Å². The molecule has 0 saturated heterocycles. The maximum Gasteiger partial charge on any atom is 0.0528 e. The third-order valence-electron chi connectivity index (χ3n) is 2.65. The normalized spacial score (nSPS) is 19.9. The van der Waals surface area contributed by atoms with Gasteiger partial charge in [-0.3, -0.25) is 0 Å². The Morgan fingerprint density at radius 3 is 2.62 bits per heavy atom. The van der Waals surface area contributed by atoms with Gasteiger partial charge in [0.25, 0.3) is 0 Å². The summed E-state index contributed by atoms with van der Waals surface area (Å²) in [5.41, 5.74) is 0. The fraction of sp³-hybridized carbons (Fsp3) is 0.600. The summed E-state index contributed by atoms with van der Waals surface area (Å²) in [5, 5.41) is 0. The summed E-state index contributed by atoms with van der Waals surface area (Å²) in [7, 11) is 0. The second kappa shape index (κ2) is 4.03. The monoisotopic (exact) mass is 322 g/mol. The zero-order valence-electron chi connectivity index (χ0n) is 7.52. The molecule has 0 nitrogen and oxygen atoms in total. The van der Waals surface area contributed by atoms with E-state index in [9.17, 15) is 0 Å². The molecule has 1 aliphatic rings. The Labute approximate surface area is 100.0 Å². The third kappa shape index (κ3) is 2.02. The highest BCUT2D eigenvalue weighted by Crippen LogP contribution is 2.47. The second-order valence-electron chi connectivity index (χ2n) is 3.66. The van der Waals surface area contributed by atoms with E-state index in [-0.39, 0.29) is 0 Å². The van der Waals surface area contributed by atoms with E-state index >= 15 is 0 Å². The number of hydrogen-bond donors (Lipinski definition) is 0. The molecule has 1 aromatic rings. The van der Waals surface area contributed by atoms with Crippen LogP contribution in [0.5, 0.6) is 0 Å². The first-order valence-electron chi connectivity index (χ1n) is 4.58. The molecule has 1 heterocycles. The van der Waals surface area contributed by atoms with Crippen molar-refractivity contribution < 1.29 is 0 Å². The van der Waals surface area contributed by atoms with Gasteiger partial charge in [0.1, 0.15) is 0 Å². The number of thiophene rings is 1. The van der Waals surface area contributed by atoms with Crippen LogP contribution in [-0.4, -0.2) is 0 Å². The molecule has 72 valence electrons. The zero-order chi connectivity index (χ0) is 9.42. The van der Waals surface area contributed by atoms with Crippen LogP contribution in [0, 0.1) is 12.8 Å². The summed E-state index contributed by atoms with van der Waals surface area (Å²) in [4.78, 5) is 3.45. The number of halogens is 2. The SMILES string of the molecule is Cc1cc(Br)c(C(Br)C2CCC2)s1. The Morgan fingerprint density at radius 2 is 2.23 bits per heavy atom. The molecule has 3 heteroatoms.